The van der Waals surface area contributed by atoms with Gasteiger partial charge in [0.25, 0.3) is 0 Å². The summed E-state index contributed by atoms with van der Waals surface area (Å²) in [5, 5.41) is 12.1. The first-order valence-corrected chi connectivity index (χ1v) is 7.38. The molecule has 5 nitrogen and oxygen atoms in total. The Morgan fingerprint density at radius 2 is 2.00 bits per heavy atom. The molecule has 0 aliphatic heterocycles. The summed E-state index contributed by atoms with van der Waals surface area (Å²) in [4.78, 5) is 23.6. The maximum atomic E-state index is 12.3. The zero-order valence-corrected chi connectivity index (χ0v) is 12.2. The first-order chi connectivity index (χ1) is 10.1. The predicted molar refractivity (Wildman–Crippen MR) is 79.3 cm³/mol. The minimum atomic E-state index is -0.877. The zero-order chi connectivity index (χ0) is 15.2. The minimum absolute atomic E-state index is 0.212. The van der Waals surface area contributed by atoms with E-state index in [1.807, 2.05) is 13.0 Å². The number of hydrogen-bond donors (Lipinski definition) is 2. The van der Waals surface area contributed by atoms with Crippen LogP contribution in [0.25, 0.3) is 0 Å². The molecule has 1 aromatic carbocycles. The van der Waals surface area contributed by atoms with Gasteiger partial charge in [-0.2, -0.15) is 0 Å². The third-order valence-corrected chi connectivity index (χ3v) is 3.83. The van der Waals surface area contributed by atoms with Crippen LogP contribution >= 0.6 is 0 Å². The van der Waals surface area contributed by atoms with E-state index in [1.165, 1.54) is 0 Å². The lowest BCUT2D eigenvalue weighted by atomic mass is 9.78. The van der Waals surface area contributed by atoms with Crippen molar-refractivity contribution in [2.24, 2.45) is 11.8 Å². The summed E-state index contributed by atoms with van der Waals surface area (Å²) >= 11 is 0. The summed E-state index contributed by atoms with van der Waals surface area (Å²) in [6.45, 7) is 2.45. The van der Waals surface area contributed by atoms with Gasteiger partial charge in [-0.25, -0.2) is 0 Å². The standard InChI is InChI=1S/C16H21NO4/c1-2-21-12-7-5-6-11(10-12)17-15(18)13-8-3-4-9-14(13)16(19)20/h5-7,10,13-14H,2-4,8-9H2,1H3,(H,17,18)(H,19,20)/t13-,14-/m0/s1. The van der Waals surface area contributed by atoms with Crippen LogP contribution in [0.4, 0.5) is 5.69 Å². The number of carboxylic acids is 1. The molecule has 0 spiro atoms. The highest BCUT2D eigenvalue weighted by Crippen LogP contribution is 2.31. The average Bonchev–Trinajstić information content (AvgIpc) is 2.48. The van der Waals surface area contributed by atoms with Crippen molar-refractivity contribution in [1.82, 2.24) is 0 Å². The number of aliphatic carboxylic acids is 1. The zero-order valence-electron chi connectivity index (χ0n) is 12.2. The normalized spacial score (nSPS) is 21.6. The fourth-order valence-electron chi connectivity index (χ4n) is 2.81. The molecule has 1 fully saturated rings. The van der Waals surface area contributed by atoms with Gasteiger partial charge in [0, 0.05) is 11.8 Å². The van der Waals surface area contributed by atoms with Crippen molar-refractivity contribution >= 4 is 17.6 Å². The number of anilines is 1. The van der Waals surface area contributed by atoms with E-state index in [0.717, 1.165) is 12.8 Å². The predicted octanol–water partition coefficient (Wildman–Crippen LogP) is 2.91. The van der Waals surface area contributed by atoms with Gasteiger partial charge in [0.15, 0.2) is 0 Å². The molecule has 0 radical (unpaired) electrons. The van der Waals surface area contributed by atoms with E-state index in [4.69, 9.17) is 4.74 Å². The Morgan fingerprint density at radius 1 is 1.29 bits per heavy atom. The van der Waals surface area contributed by atoms with Crippen LogP contribution in [0.2, 0.25) is 0 Å². The SMILES string of the molecule is CCOc1cccc(NC(=O)[C@H]2CCCC[C@@H]2C(=O)O)c1. The molecule has 2 N–H and O–H groups in total. The van der Waals surface area contributed by atoms with Crippen molar-refractivity contribution in [2.75, 3.05) is 11.9 Å². The molecule has 1 aromatic rings. The molecule has 0 saturated heterocycles. The van der Waals surface area contributed by atoms with E-state index in [0.29, 0.717) is 30.9 Å². The van der Waals surface area contributed by atoms with Gasteiger partial charge in [-0.3, -0.25) is 9.59 Å². The van der Waals surface area contributed by atoms with Crippen LogP contribution in [0.1, 0.15) is 32.6 Å². The van der Waals surface area contributed by atoms with Crippen LogP contribution in [-0.2, 0) is 9.59 Å². The Balaban J connectivity index is 2.05. The van der Waals surface area contributed by atoms with Crippen LogP contribution in [0.3, 0.4) is 0 Å². The summed E-state index contributed by atoms with van der Waals surface area (Å²) in [6, 6.07) is 7.15. The Labute approximate surface area is 124 Å². The third kappa shape index (κ3) is 3.97. The van der Waals surface area contributed by atoms with Gasteiger partial charge in [0.2, 0.25) is 5.91 Å². The quantitative estimate of drug-likeness (QED) is 0.874. The molecule has 1 saturated carbocycles. The lowest BCUT2D eigenvalue weighted by Gasteiger charge is -2.27. The maximum Gasteiger partial charge on any atom is 0.307 e. The molecule has 2 rings (SSSR count). The summed E-state index contributed by atoms with van der Waals surface area (Å²) in [6.07, 6.45) is 2.99. The number of hydrogen-bond acceptors (Lipinski definition) is 3. The highest BCUT2D eigenvalue weighted by molar-refractivity contribution is 5.95. The van der Waals surface area contributed by atoms with E-state index in [1.54, 1.807) is 18.2 Å². The van der Waals surface area contributed by atoms with Crippen molar-refractivity contribution in [3.63, 3.8) is 0 Å². The Bertz CT molecular complexity index is 515. The van der Waals surface area contributed by atoms with E-state index in [-0.39, 0.29) is 5.91 Å². The summed E-state index contributed by atoms with van der Waals surface area (Å²) < 4.78 is 5.39. The molecule has 1 aliphatic rings. The molecular formula is C16H21NO4. The highest BCUT2D eigenvalue weighted by Gasteiger charge is 2.35. The molecule has 0 aromatic heterocycles. The van der Waals surface area contributed by atoms with Crippen LogP contribution in [0.15, 0.2) is 24.3 Å². The molecule has 5 heteroatoms. The second kappa shape index (κ2) is 7.11. The number of carbonyl (C=O) groups is 2. The number of carbonyl (C=O) groups excluding carboxylic acids is 1. The monoisotopic (exact) mass is 291 g/mol. The van der Waals surface area contributed by atoms with Gasteiger partial charge < -0.3 is 15.2 Å². The van der Waals surface area contributed by atoms with E-state index in [2.05, 4.69) is 5.32 Å². The molecular weight excluding hydrogens is 270 g/mol. The van der Waals surface area contributed by atoms with Crippen LogP contribution in [0.5, 0.6) is 5.75 Å². The fraction of sp³-hybridized carbons (Fsp3) is 0.500. The molecule has 2 atom stereocenters. The summed E-state index contributed by atoms with van der Waals surface area (Å²) in [5.41, 5.74) is 0.640. The number of carboxylic acid groups (broad SMARTS) is 1. The van der Waals surface area contributed by atoms with Gasteiger partial charge >= 0.3 is 5.97 Å². The number of ether oxygens (including phenoxy) is 1. The van der Waals surface area contributed by atoms with Crippen LogP contribution < -0.4 is 10.1 Å². The van der Waals surface area contributed by atoms with Crippen molar-refractivity contribution in [3.8, 4) is 5.75 Å². The first-order valence-electron chi connectivity index (χ1n) is 7.38. The number of rotatable bonds is 5. The van der Waals surface area contributed by atoms with Crippen LogP contribution in [-0.4, -0.2) is 23.6 Å². The van der Waals surface area contributed by atoms with Gasteiger partial charge in [-0.15, -0.1) is 0 Å². The largest absolute Gasteiger partial charge is 0.494 e. The topological polar surface area (TPSA) is 75.6 Å². The summed E-state index contributed by atoms with van der Waals surface area (Å²) in [7, 11) is 0. The Hall–Kier alpha value is -2.04. The summed E-state index contributed by atoms with van der Waals surface area (Å²) in [5.74, 6) is -1.43. The van der Waals surface area contributed by atoms with Crippen LogP contribution in [0, 0.1) is 11.8 Å². The molecule has 1 amide bonds. The van der Waals surface area contributed by atoms with Crippen molar-refractivity contribution in [2.45, 2.75) is 32.6 Å². The lowest BCUT2D eigenvalue weighted by molar-refractivity contribution is -0.147. The average molecular weight is 291 g/mol. The fourth-order valence-corrected chi connectivity index (χ4v) is 2.81. The Kier molecular flexibility index (Phi) is 5.20. The number of benzene rings is 1. The maximum absolute atomic E-state index is 12.3. The molecule has 114 valence electrons. The molecule has 0 heterocycles. The minimum Gasteiger partial charge on any atom is -0.494 e. The smallest absolute Gasteiger partial charge is 0.307 e. The van der Waals surface area contributed by atoms with Crippen molar-refractivity contribution in [3.05, 3.63) is 24.3 Å². The van der Waals surface area contributed by atoms with Gasteiger partial charge in [0.1, 0.15) is 5.75 Å². The lowest BCUT2D eigenvalue weighted by Crippen LogP contribution is -2.36. The highest BCUT2D eigenvalue weighted by atomic mass is 16.5. The van der Waals surface area contributed by atoms with Gasteiger partial charge in [-0.05, 0) is 31.9 Å². The van der Waals surface area contributed by atoms with Gasteiger partial charge in [0.05, 0.1) is 18.4 Å². The number of amides is 1. The number of nitrogens with one attached hydrogen (secondary N) is 1. The van der Waals surface area contributed by atoms with Gasteiger partial charge in [-0.1, -0.05) is 18.9 Å². The molecule has 21 heavy (non-hydrogen) atoms. The van der Waals surface area contributed by atoms with Crippen molar-refractivity contribution < 1.29 is 19.4 Å². The second-order valence-electron chi connectivity index (χ2n) is 5.29. The molecule has 1 aliphatic carbocycles. The molecule has 0 unspecified atom stereocenters. The first kappa shape index (κ1) is 15.4. The Morgan fingerprint density at radius 3 is 2.67 bits per heavy atom. The van der Waals surface area contributed by atoms with E-state index in [9.17, 15) is 14.7 Å². The third-order valence-electron chi connectivity index (χ3n) is 3.83. The van der Waals surface area contributed by atoms with E-state index < -0.39 is 17.8 Å². The second-order valence-corrected chi connectivity index (χ2v) is 5.29. The molecule has 0 bridgehead atoms. The van der Waals surface area contributed by atoms with Crippen molar-refractivity contribution in [1.29, 1.82) is 0 Å². The van der Waals surface area contributed by atoms with E-state index >= 15 is 0 Å².